The Kier molecular flexibility index (Phi) is 4.20. The van der Waals surface area contributed by atoms with Gasteiger partial charge in [-0.1, -0.05) is 24.3 Å². The first-order valence-corrected chi connectivity index (χ1v) is 9.94. The predicted molar refractivity (Wildman–Crippen MR) is 111 cm³/mol. The summed E-state index contributed by atoms with van der Waals surface area (Å²) in [5.74, 6) is 2.64. The molecule has 1 saturated heterocycles. The highest BCUT2D eigenvalue weighted by Crippen LogP contribution is 2.37. The summed E-state index contributed by atoms with van der Waals surface area (Å²) in [6.07, 6.45) is 2.49. The molecule has 2 aromatic carbocycles. The van der Waals surface area contributed by atoms with Crippen LogP contribution in [-0.4, -0.2) is 53.0 Å². The molecule has 1 N–H and O–H groups in total. The standard InChI is InChI=1S/C21H22N4OS/c27-21(22-15-9-10-15)25-13-11-24(12-14-25)20-16-5-1-3-7-18(16)26-19-8-4-2-6-17(19)23-20/h1-8,15H,9-14H2,(H,22,27). The molecule has 2 fully saturated rings. The minimum atomic E-state index is 0.599. The van der Waals surface area contributed by atoms with Gasteiger partial charge in [0.1, 0.15) is 17.3 Å². The van der Waals surface area contributed by atoms with Crippen molar-refractivity contribution in [2.75, 3.05) is 26.2 Å². The van der Waals surface area contributed by atoms with E-state index < -0.39 is 0 Å². The average molecular weight is 379 g/mol. The molecule has 0 amide bonds. The zero-order chi connectivity index (χ0) is 18.2. The number of amidine groups is 1. The van der Waals surface area contributed by atoms with E-state index in [1.165, 1.54) is 12.8 Å². The second kappa shape index (κ2) is 6.85. The molecule has 6 heteroatoms. The number of piperazine rings is 1. The highest BCUT2D eigenvalue weighted by Gasteiger charge is 2.28. The molecule has 0 unspecified atom stereocenters. The van der Waals surface area contributed by atoms with Gasteiger partial charge in [-0.2, -0.15) is 0 Å². The summed E-state index contributed by atoms with van der Waals surface area (Å²) in [6, 6.07) is 16.7. The van der Waals surface area contributed by atoms with Gasteiger partial charge in [-0.05, 0) is 49.3 Å². The van der Waals surface area contributed by atoms with Crippen molar-refractivity contribution in [3.63, 3.8) is 0 Å². The van der Waals surface area contributed by atoms with E-state index in [2.05, 4.69) is 21.2 Å². The fourth-order valence-corrected chi connectivity index (χ4v) is 3.87. The quantitative estimate of drug-likeness (QED) is 0.769. The van der Waals surface area contributed by atoms with E-state index in [9.17, 15) is 0 Å². The molecule has 0 spiro atoms. The molecule has 2 heterocycles. The Morgan fingerprint density at radius 1 is 0.963 bits per heavy atom. The first-order chi connectivity index (χ1) is 13.3. The molecule has 5 rings (SSSR count). The van der Waals surface area contributed by atoms with Crippen LogP contribution in [0.15, 0.2) is 53.5 Å². The first-order valence-electron chi connectivity index (χ1n) is 9.53. The Morgan fingerprint density at radius 3 is 2.44 bits per heavy atom. The number of ether oxygens (including phenoxy) is 1. The third-order valence-electron chi connectivity index (χ3n) is 5.21. The zero-order valence-electron chi connectivity index (χ0n) is 15.1. The fraction of sp³-hybridized carbons (Fsp3) is 0.333. The number of hydrogen-bond donors (Lipinski definition) is 1. The third kappa shape index (κ3) is 3.37. The van der Waals surface area contributed by atoms with Crippen molar-refractivity contribution >= 4 is 28.9 Å². The summed E-state index contributed by atoms with van der Waals surface area (Å²) < 4.78 is 6.15. The van der Waals surface area contributed by atoms with Gasteiger partial charge in [0.15, 0.2) is 10.9 Å². The second-order valence-electron chi connectivity index (χ2n) is 7.20. The first kappa shape index (κ1) is 16.6. The maximum Gasteiger partial charge on any atom is 0.169 e. The van der Waals surface area contributed by atoms with Crippen molar-refractivity contribution in [1.29, 1.82) is 0 Å². The van der Waals surface area contributed by atoms with Crippen LogP contribution in [0.3, 0.4) is 0 Å². The van der Waals surface area contributed by atoms with E-state index in [-0.39, 0.29) is 0 Å². The Balaban J connectivity index is 1.40. The molecular weight excluding hydrogens is 356 g/mol. The number of aliphatic imine (C=N–C) groups is 1. The topological polar surface area (TPSA) is 40.1 Å². The van der Waals surface area contributed by atoms with Crippen molar-refractivity contribution in [2.45, 2.75) is 18.9 Å². The van der Waals surface area contributed by atoms with Crippen molar-refractivity contribution in [3.05, 3.63) is 54.1 Å². The van der Waals surface area contributed by atoms with Gasteiger partial charge in [0.2, 0.25) is 0 Å². The minimum absolute atomic E-state index is 0.599. The van der Waals surface area contributed by atoms with Crippen LogP contribution in [0.5, 0.6) is 11.5 Å². The molecule has 0 radical (unpaired) electrons. The van der Waals surface area contributed by atoms with Crippen LogP contribution in [0.25, 0.3) is 0 Å². The molecule has 0 aromatic heterocycles. The van der Waals surface area contributed by atoms with Crippen LogP contribution in [-0.2, 0) is 0 Å². The van der Waals surface area contributed by atoms with E-state index in [0.717, 1.165) is 59.9 Å². The lowest BCUT2D eigenvalue weighted by Crippen LogP contribution is -2.53. The van der Waals surface area contributed by atoms with Crippen LogP contribution < -0.4 is 10.1 Å². The largest absolute Gasteiger partial charge is 0.454 e. The molecule has 2 aliphatic heterocycles. The zero-order valence-corrected chi connectivity index (χ0v) is 15.9. The maximum absolute atomic E-state index is 6.15. The van der Waals surface area contributed by atoms with Crippen molar-refractivity contribution in [2.24, 2.45) is 4.99 Å². The normalized spacial score (nSPS) is 18.6. The Labute approximate surface area is 164 Å². The van der Waals surface area contributed by atoms with Gasteiger partial charge < -0.3 is 19.9 Å². The Morgan fingerprint density at radius 2 is 1.67 bits per heavy atom. The molecule has 2 aromatic rings. The summed E-state index contributed by atoms with van der Waals surface area (Å²) in [4.78, 5) is 9.61. The molecule has 0 atom stereocenters. The predicted octanol–water partition coefficient (Wildman–Crippen LogP) is 3.53. The second-order valence-corrected chi connectivity index (χ2v) is 7.59. The van der Waals surface area contributed by atoms with Crippen molar-refractivity contribution in [3.8, 4) is 11.5 Å². The smallest absolute Gasteiger partial charge is 0.169 e. The summed E-state index contributed by atoms with van der Waals surface area (Å²) in [7, 11) is 0. The number of hydrogen-bond acceptors (Lipinski definition) is 4. The van der Waals surface area contributed by atoms with Gasteiger partial charge in [0.25, 0.3) is 0 Å². The molecule has 5 nitrogen and oxygen atoms in total. The van der Waals surface area contributed by atoms with Crippen molar-refractivity contribution < 1.29 is 4.74 Å². The average Bonchev–Trinajstić information content (AvgIpc) is 3.53. The number of nitrogens with zero attached hydrogens (tertiary/aromatic N) is 3. The van der Waals surface area contributed by atoms with Gasteiger partial charge in [-0.15, -0.1) is 0 Å². The van der Waals surface area contributed by atoms with Crippen LogP contribution in [0.1, 0.15) is 18.4 Å². The summed E-state index contributed by atoms with van der Waals surface area (Å²) in [6.45, 7) is 3.59. The molecular formula is C21H22N4OS. The SMILES string of the molecule is S=C(NC1CC1)N1CCN(C2=Nc3ccccc3Oc3ccccc32)CC1. The van der Waals surface area contributed by atoms with Gasteiger partial charge in [-0.25, -0.2) is 4.99 Å². The number of benzene rings is 2. The van der Waals surface area contributed by atoms with Gasteiger partial charge in [0, 0.05) is 32.2 Å². The summed E-state index contributed by atoms with van der Waals surface area (Å²) in [5.41, 5.74) is 1.91. The monoisotopic (exact) mass is 378 g/mol. The number of thiocarbonyl (C=S) groups is 1. The Hall–Kier alpha value is -2.60. The molecule has 3 aliphatic rings. The van der Waals surface area contributed by atoms with Gasteiger partial charge in [-0.3, -0.25) is 0 Å². The van der Waals surface area contributed by atoms with Gasteiger partial charge >= 0.3 is 0 Å². The Bertz CT molecular complexity index is 901. The van der Waals surface area contributed by atoms with E-state index >= 15 is 0 Å². The van der Waals surface area contributed by atoms with E-state index in [1.807, 2.05) is 42.5 Å². The highest BCUT2D eigenvalue weighted by atomic mass is 32.1. The number of para-hydroxylation sites is 3. The van der Waals surface area contributed by atoms with Crippen LogP contribution in [0.2, 0.25) is 0 Å². The van der Waals surface area contributed by atoms with Crippen LogP contribution in [0.4, 0.5) is 5.69 Å². The van der Waals surface area contributed by atoms with Gasteiger partial charge in [0.05, 0.1) is 5.56 Å². The third-order valence-corrected chi connectivity index (χ3v) is 5.59. The fourth-order valence-electron chi connectivity index (χ4n) is 3.52. The summed E-state index contributed by atoms with van der Waals surface area (Å²) >= 11 is 5.57. The van der Waals surface area contributed by atoms with E-state index in [4.69, 9.17) is 21.9 Å². The molecule has 0 bridgehead atoms. The van der Waals surface area contributed by atoms with Crippen molar-refractivity contribution in [1.82, 2.24) is 15.1 Å². The molecule has 27 heavy (non-hydrogen) atoms. The van der Waals surface area contributed by atoms with E-state index in [0.29, 0.717) is 6.04 Å². The number of nitrogens with one attached hydrogen (secondary N) is 1. The minimum Gasteiger partial charge on any atom is -0.454 e. The lowest BCUT2D eigenvalue weighted by molar-refractivity contribution is 0.257. The molecule has 1 aliphatic carbocycles. The molecule has 138 valence electrons. The van der Waals surface area contributed by atoms with E-state index in [1.54, 1.807) is 0 Å². The number of fused-ring (bicyclic) bond motifs is 2. The van der Waals surface area contributed by atoms with Crippen LogP contribution >= 0.6 is 12.2 Å². The molecule has 1 saturated carbocycles. The summed E-state index contributed by atoms with van der Waals surface area (Å²) in [5, 5.41) is 4.34. The number of rotatable bonds is 1. The highest BCUT2D eigenvalue weighted by molar-refractivity contribution is 7.80. The lowest BCUT2D eigenvalue weighted by atomic mass is 10.1. The maximum atomic E-state index is 6.15. The van der Waals surface area contributed by atoms with Crippen LogP contribution in [0, 0.1) is 0 Å². The lowest BCUT2D eigenvalue weighted by Gasteiger charge is -2.37.